The summed E-state index contributed by atoms with van der Waals surface area (Å²) in [5, 5.41) is 15.9. The average Bonchev–Trinajstić information content (AvgIpc) is 2.49. The maximum Gasteiger partial charge on any atom is 0.137 e. The van der Waals surface area contributed by atoms with Crippen molar-refractivity contribution in [2.24, 2.45) is 17.8 Å². The fraction of sp³-hybridized carbons (Fsp3) is 0.556. The highest BCUT2D eigenvalue weighted by molar-refractivity contribution is 6.30. The Hall–Kier alpha value is -1.39. The molecule has 0 aromatic carbocycles. The van der Waals surface area contributed by atoms with Crippen LogP contribution in [0.15, 0.2) is 24.4 Å². The van der Waals surface area contributed by atoms with Crippen molar-refractivity contribution >= 4 is 28.3 Å². The van der Waals surface area contributed by atoms with Gasteiger partial charge in [0.2, 0.25) is 0 Å². The molecule has 2 unspecified atom stereocenters. The molecule has 2 aromatic rings. The number of rotatable bonds is 2. The first-order chi connectivity index (χ1) is 11.1. The first-order valence-electron chi connectivity index (χ1n) is 8.50. The van der Waals surface area contributed by atoms with E-state index in [1.54, 1.807) is 6.20 Å². The number of nitrogens with zero attached hydrogens (tertiary/aromatic N) is 2. The lowest BCUT2D eigenvalue weighted by Gasteiger charge is -2.58. The largest absolute Gasteiger partial charge is 0.390 e. The molecule has 0 spiro atoms. The molecule has 4 nitrogen and oxygen atoms in total. The van der Waals surface area contributed by atoms with E-state index < -0.39 is 5.60 Å². The quantitative estimate of drug-likeness (QED) is 0.826. The minimum Gasteiger partial charge on any atom is -0.390 e. The van der Waals surface area contributed by atoms with Crippen molar-refractivity contribution < 1.29 is 5.11 Å². The maximum atomic E-state index is 10.7. The van der Waals surface area contributed by atoms with E-state index in [1.807, 2.05) is 18.2 Å². The Morgan fingerprint density at radius 2 is 2.00 bits per heavy atom. The predicted molar refractivity (Wildman–Crippen MR) is 90.5 cm³/mol. The second-order valence-electron chi connectivity index (χ2n) is 7.73. The number of aromatic nitrogens is 2. The van der Waals surface area contributed by atoms with E-state index in [0.29, 0.717) is 28.9 Å². The normalized spacial score (nSPS) is 38.2. The van der Waals surface area contributed by atoms with E-state index in [9.17, 15) is 5.11 Å². The highest BCUT2D eigenvalue weighted by Gasteiger charge is 2.54. The van der Waals surface area contributed by atoms with Gasteiger partial charge in [0.05, 0.1) is 11.1 Å². The van der Waals surface area contributed by atoms with Crippen LogP contribution in [0.2, 0.25) is 5.15 Å². The Morgan fingerprint density at radius 3 is 2.74 bits per heavy atom. The van der Waals surface area contributed by atoms with Gasteiger partial charge in [0.1, 0.15) is 11.0 Å². The van der Waals surface area contributed by atoms with Gasteiger partial charge in [-0.25, -0.2) is 4.98 Å². The third-order valence-corrected chi connectivity index (χ3v) is 6.31. The van der Waals surface area contributed by atoms with E-state index in [2.05, 4.69) is 15.3 Å². The molecule has 4 aliphatic rings. The van der Waals surface area contributed by atoms with E-state index in [0.717, 1.165) is 36.0 Å². The van der Waals surface area contributed by atoms with Gasteiger partial charge in [-0.05, 0) is 62.0 Å². The summed E-state index contributed by atoms with van der Waals surface area (Å²) in [6, 6.07) is 6.17. The average molecular weight is 330 g/mol. The second kappa shape index (κ2) is 4.81. The fourth-order valence-electron chi connectivity index (χ4n) is 5.53. The van der Waals surface area contributed by atoms with Crippen LogP contribution in [0.3, 0.4) is 0 Å². The molecular weight excluding hydrogens is 310 g/mol. The summed E-state index contributed by atoms with van der Waals surface area (Å²) in [5.41, 5.74) is 0.470. The third-order valence-electron chi connectivity index (χ3n) is 6.11. The molecule has 0 amide bonds. The summed E-state index contributed by atoms with van der Waals surface area (Å²) in [6.07, 6.45) is 7.10. The van der Waals surface area contributed by atoms with Crippen molar-refractivity contribution in [1.29, 1.82) is 0 Å². The summed E-state index contributed by atoms with van der Waals surface area (Å²) in [7, 11) is 0. The molecule has 2 N–H and O–H groups in total. The maximum absolute atomic E-state index is 10.7. The third kappa shape index (κ3) is 2.23. The van der Waals surface area contributed by atoms with Gasteiger partial charge in [0, 0.05) is 23.7 Å². The number of hydrogen-bond acceptors (Lipinski definition) is 4. The van der Waals surface area contributed by atoms with Crippen LogP contribution in [-0.4, -0.2) is 26.7 Å². The van der Waals surface area contributed by atoms with E-state index in [-0.39, 0.29) is 0 Å². The Kier molecular flexibility index (Phi) is 2.92. The lowest BCUT2D eigenvalue weighted by molar-refractivity contribution is -0.129. The van der Waals surface area contributed by atoms with Crippen molar-refractivity contribution in [2.45, 2.75) is 43.7 Å². The molecule has 0 aliphatic heterocycles. The minimum absolute atomic E-state index is 0.390. The van der Waals surface area contributed by atoms with Crippen molar-refractivity contribution in [2.75, 3.05) is 5.32 Å². The van der Waals surface area contributed by atoms with Crippen molar-refractivity contribution in [1.82, 2.24) is 9.97 Å². The summed E-state index contributed by atoms with van der Waals surface area (Å²) < 4.78 is 0. The van der Waals surface area contributed by atoms with E-state index in [1.165, 1.54) is 12.8 Å². The Balaban J connectivity index is 1.51. The van der Waals surface area contributed by atoms with E-state index in [4.69, 9.17) is 11.6 Å². The highest BCUT2D eigenvalue weighted by Crippen LogP contribution is 2.56. The zero-order valence-electron chi connectivity index (χ0n) is 12.9. The van der Waals surface area contributed by atoms with E-state index >= 15 is 0 Å². The van der Waals surface area contributed by atoms with Crippen LogP contribution >= 0.6 is 11.6 Å². The van der Waals surface area contributed by atoms with Gasteiger partial charge in [-0.3, -0.25) is 4.98 Å². The topological polar surface area (TPSA) is 58.0 Å². The molecule has 2 aromatic heterocycles. The van der Waals surface area contributed by atoms with Gasteiger partial charge in [-0.1, -0.05) is 11.6 Å². The van der Waals surface area contributed by atoms with Crippen molar-refractivity contribution in [3.63, 3.8) is 0 Å². The van der Waals surface area contributed by atoms with Crippen molar-refractivity contribution in [3.05, 3.63) is 29.5 Å². The van der Waals surface area contributed by atoms with Gasteiger partial charge in [0.25, 0.3) is 0 Å². The fourth-order valence-corrected chi connectivity index (χ4v) is 5.72. The molecule has 2 atom stereocenters. The summed E-state index contributed by atoms with van der Waals surface area (Å²) in [5.74, 6) is 2.63. The molecule has 4 aliphatic carbocycles. The molecule has 120 valence electrons. The SMILES string of the molecule is OC12CC3CC(C1)C(Nc1nc(Cl)cc4ncccc14)C(C3)C2. The number of anilines is 1. The smallest absolute Gasteiger partial charge is 0.137 e. The molecule has 4 bridgehead atoms. The lowest BCUT2D eigenvalue weighted by atomic mass is 9.52. The van der Waals surface area contributed by atoms with Gasteiger partial charge in [0.15, 0.2) is 0 Å². The summed E-state index contributed by atoms with van der Waals surface area (Å²) >= 11 is 6.18. The molecule has 4 fully saturated rings. The van der Waals surface area contributed by atoms with Gasteiger partial charge < -0.3 is 10.4 Å². The van der Waals surface area contributed by atoms with Crippen LogP contribution in [-0.2, 0) is 0 Å². The molecule has 0 saturated heterocycles. The number of nitrogens with one attached hydrogen (secondary N) is 1. The molecule has 4 saturated carbocycles. The molecular formula is C18H20ClN3O. The van der Waals surface area contributed by atoms with Crippen LogP contribution in [0.5, 0.6) is 0 Å². The number of hydrogen-bond donors (Lipinski definition) is 2. The van der Waals surface area contributed by atoms with Crippen LogP contribution in [0.25, 0.3) is 10.9 Å². The van der Waals surface area contributed by atoms with Crippen LogP contribution in [0, 0.1) is 17.8 Å². The number of pyridine rings is 2. The van der Waals surface area contributed by atoms with Crippen LogP contribution in [0.4, 0.5) is 5.82 Å². The first kappa shape index (κ1) is 14.0. The van der Waals surface area contributed by atoms with Crippen LogP contribution < -0.4 is 5.32 Å². The van der Waals surface area contributed by atoms with Gasteiger partial charge in [-0.15, -0.1) is 0 Å². The van der Waals surface area contributed by atoms with Gasteiger partial charge in [-0.2, -0.15) is 0 Å². The van der Waals surface area contributed by atoms with Crippen molar-refractivity contribution in [3.8, 4) is 0 Å². The minimum atomic E-state index is -0.403. The zero-order valence-corrected chi connectivity index (χ0v) is 13.6. The molecule has 6 rings (SSSR count). The zero-order chi connectivity index (χ0) is 15.6. The van der Waals surface area contributed by atoms with Gasteiger partial charge >= 0.3 is 0 Å². The number of fused-ring (bicyclic) bond motifs is 1. The summed E-state index contributed by atoms with van der Waals surface area (Å²) in [6.45, 7) is 0. The predicted octanol–water partition coefficient (Wildman–Crippen LogP) is 3.63. The number of aliphatic hydroxyl groups is 1. The standard InChI is InChI=1S/C18H20ClN3O/c19-15-6-14-13(2-1-3-20-14)17(21-15)22-16-11-4-10-5-12(16)9-18(23,7-10)8-11/h1-3,6,10-12,16,23H,4-5,7-9H2,(H,21,22). The summed E-state index contributed by atoms with van der Waals surface area (Å²) in [4.78, 5) is 8.92. The van der Waals surface area contributed by atoms with Crippen LogP contribution in [0.1, 0.15) is 32.1 Å². The first-order valence-corrected chi connectivity index (χ1v) is 8.88. The Bertz CT molecular complexity index is 764. The molecule has 23 heavy (non-hydrogen) atoms. The Labute approximate surface area is 140 Å². The monoisotopic (exact) mass is 329 g/mol. The molecule has 0 radical (unpaired) electrons. The number of halogens is 1. The lowest BCUT2D eigenvalue weighted by Crippen LogP contribution is -2.59. The molecule has 5 heteroatoms. The molecule has 2 heterocycles. The Morgan fingerprint density at radius 1 is 1.22 bits per heavy atom. The highest BCUT2D eigenvalue weighted by atomic mass is 35.5. The second-order valence-corrected chi connectivity index (χ2v) is 8.12.